The maximum absolute atomic E-state index is 12.4. The number of hydrogen-bond acceptors (Lipinski definition) is 3. The van der Waals surface area contributed by atoms with Gasteiger partial charge in [0.25, 0.3) is 0 Å². The normalized spacial score (nSPS) is 12.8. The standard InChI is InChI=1S/C20H26N2O3S/c1-15-5-9-18(10-6-15)13-22(26(4,24)25)14-20(23)21-17(3)19-11-7-16(2)8-12-19/h5-12,17H,13-14H2,1-4H3,(H,21,23)/t17-/m1/s1. The molecule has 0 aliphatic rings. The van der Waals surface area contributed by atoms with Crippen molar-refractivity contribution >= 4 is 15.9 Å². The molecule has 6 heteroatoms. The highest BCUT2D eigenvalue weighted by Crippen LogP contribution is 2.14. The molecule has 1 atom stereocenters. The Balaban J connectivity index is 2.04. The van der Waals surface area contributed by atoms with Crippen molar-refractivity contribution in [2.45, 2.75) is 33.4 Å². The number of nitrogens with zero attached hydrogens (tertiary/aromatic N) is 1. The van der Waals surface area contributed by atoms with Crippen LogP contribution in [0.25, 0.3) is 0 Å². The summed E-state index contributed by atoms with van der Waals surface area (Å²) >= 11 is 0. The van der Waals surface area contributed by atoms with Crippen LogP contribution >= 0.6 is 0 Å². The van der Waals surface area contributed by atoms with E-state index >= 15 is 0 Å². The van der Waals surface area contributed by atoms with Gasteiger partial charge in [0.15, 0.2) is 0 Å². The molecule has 0 saturated carbocycles. The molecule has 0 aliphatic heterocycles. The van der Waals surface area contributed by atoms with Crippen molar-refractivity contribution in [3.8, 4) is 0 Å². The average Bonchev–Trinajstić information content (AvgIpc) is 2.56. The summed E-state index contributed by atoms with van der Waals surface area (Å²) in [6.07, 6.45) is 1.12. The third-order valence-electron chi connectivity index (χ3n) is 4.22. The molecular weight excluding hydrogens is 348 g/mol. The van der Waals surface area contributed by atoms with Crippen molar-refractivity contribution in [3.63, 3.8) is 0 Å². The van der Waals surface area contributed by atoms with Crippen molar-refractivity contribution in [1.29, 1.82) is 0 Å². The van der Waals surface area contributed by atoms with Crippen molar-refractivity contribution in [2.24, 2.45) is 0 Å². The number of benzene rings is 2. The van der Waals surface area contributed by atoms with E-state index in [9.17, 15) is 13.2 Å². The summed E-state index contributed by atoms with van der Waals surface area (Å²) in [7, 11) is -3.50. The fraction of sp³-hybridized carbons (Fsp3) is 0.350. The van der Waals surface area contributed by atoms with E-state index in [-0.39, 0.29) is 25.0 Å². The third kappa shape index (κ3) is 5.97. The molecular formula is C20H26N2O3S. The van der Waals surface area contributed by atoms with Crippen LogP contribution in [-0.2, 0) is 21.4 Å². The molecule has 0 aliphatic carbocycles. The highest BCUT2D eigenvalue weighted by molar-refractivity contribution is 7.88. The number of amides is 1. The van der Waals surface area contributed by atoms with Crippen molar-refractivity contribution < 1.29 is 13.2 Å². The van der Waals surface area contributed by atoms with Crippen LogP contribution in [0.2, 0.25) is 0 Å². The summed E-state index contributed by atoms with van der Waals surface area (Å²) in [5, 5.41) is 2.87. The maximum atomic E-state index is 12.4. The SMILES string of the molecule is Cc1ccc(CN(CC(=O)N[C@H](C)c2ccc(C)cc2)S(C)(=O)=O)cc1. The lowest BCUT2D eigenvalue weighted by molar-refractivity contribution is -0.122. The number of sulfonamides is 1. The van der Waals surface area contributed by atoms with E-state index in [2.05, 4.69) is 5.32 Å². The van der Waals surface area contributed by atoms with E-state index in [1.165, 1.54) is 4.31 Å². The molecule has 0 heterocycles. The van der Waals surface area contributed by atoms with Gasteiger partial charge in [0.05, 0.1) is 18.8 Å². The fourth-order valence-corrected chi connectivity index (χ4v) is 3.31. The number of nitrogens with one attached hydrogen (secondary N) is 1. The second kappa shape index (κ2) is 8.47. The van der Waals surface area contributed by atoms with Crippen LogP contribution in [0.5, 0.6) is 0 Å². The van der Waals surface area contributed by atoms with Crippen molar-refractivity contribution in [1.82, 2.24) is 9.62 Å². The van der Waals surface area contributed by atoms with Gasteiger partial charge < -0.3 is 5.32 Å². The molecule has 0 radical (unpaired) electrons. The minimum absolute atomic E-state index is 0.172. The van der Waals surface area contributed by atoms with E-state index in [1.807, 2.05) is 69.3 Å². The highest BCUT2D eigenvalue weighted by atomic mass is 32.2. The first-order valence-electron chi connectivity index (χ1n) is 8.52. The van der Waals surface area contributed by atoms with Gasteiger partial charge in [-0.05, 0) is 31.9 Å². The lowest BCUT2D eigenvalue weighted by Gasteiger charge is -2.21. The Morgan fingerprint density at radius 2 is 1.50 bits per heavy atom. The summed E-state index contributed by atoms with van der Waals surface area (Å²) in [6.45, 7) is 5.82. The highest BCUT2D eigenvalue weighted by Gasteiger charge is 2.21. The number of rotatable bonds is 7. The predicted octanol–water partition coefficient (Wildman–Crippen LogP) is 2.94. The number of carbonyl (C=O) groups excluding carboxylic acids is 1. The Labute approximate surface area is 156 Å². The summed E-state index contributed by atoms with van der Waals surface area (Å²) < 4.78 is 25.3. The van der Waals surface area contributed by atoms with Crippen molar-refractivity contribution in [2.75, 3.05) is 12.8 Å². The molecule has 140 valence electrons. The number of aryl methyl sites for hydroxylation is 2. The molecule has 2 aromatic carbocycles. The smallest absolute Gasteiger partial charge is 0.235 e. The van der Waals surface area contributed by atoms with Crippen LogP contribution in [0.3, 0.4) is 0 Å². The largest absolute Gasteiger partial charge is 0.348 e. The van der Waals surface area contributed by atoms with Crippen molar-refractivity contribution in [3.05, 3.63) is 70.8 Å². The quantitative estimate of drug-likeness (QED) is 0.810. The molecule has 0 spiro atoms. The fourth-order valence-electron chi connectivity index (χ4n) is 2.57. The van der Waals surface area contributed by atoms with Crippen LogP contribution in [0.4, 0.5) is 0 Å². The monoisotopic (exact) mass is 374 g/mol. The zero-order valence-electron chi connectivity index (χ0n) is 15.7. The van der Waals surface area contributed by atoms with Crippen LogP contribution in [0, 0.1) is 13.8 Å². The van der Waals surface area contributed by atoms with Gasteiger partial charge in [-0.15, -0.1) is 0 Å². The first-order valence-corrected chi connectivity index (χ1v) is 10.4. The van der Waals surface area contributed by atoms with Gasteiger partial charge in [0.1, 0.15) is 0 Å². The molecule has 0 aromatic heterocycles. The second-order valence-electron chi connectivity index (χ2n) is 6.72. The Bertz CT molecular complexity index is 844. The van der Waals surface area contributed by atoms with Gasteiger partial charge in [-0.25, -0.2) is 8.42 Å². The molecule has 0 bridgehead atoms. The minimum atomic E-state index is -3.50. The Morgan fingerprint density at radius 1 is 1.00 bits per heavy atom. The zero-order chi connectivity index (χ0) is 19.3. The molecule has 0 saturated heterocycles. The Hall–Kier alpha value is -2.18. The predicted molar refractivity (Wildman–Crippen MR) is 104 cm³/mol. The Kier molecular flexibility index (Phi) is 6.56. The first kappa shape index (κ1) is 20.1. The van der Waals surface area contributed by atoms with Gasteiger partial charge in [-0.3, -0.25) is 4.79 Å². The molecule has 1 amide bonds. The molecule has 1 N–H and O–H groups in total. The average molecular weight is 375 g/mol. The Morgan fingerprint density at radius 3 is 2.00 bits per heavy atom. The van der Waals surface area contributed by atoms with Crippen LogP contribution < -0.4 is 5.32 Å². The van der Waals surface area contributed by atoms with E-state index in [1.54, 1.807) is 0 Å². The minimum Gasteiger partial charge on any atom is -0.348 e. The van der Waals surface area contributed by atoms with Crippen LogP contribution in [-0.4, -0.2) is 31.4 Å². The molecule has 2 aromatic rings. The second-order valence-corrected chi connectivity index (χ2v) is 8.70. The van der Waals surface area contributed by atoms with Gasteiger partial charge in [-0.2, -0.15) is 4.31 Å². The van der Waals surface area contributed by atoms with Gasteiger partial charge in [0, 0.05) is 6.54 Å². The van der Waals surface area contributed by atoms with Gasteiger partial charge in [0.2, 0.25) is 15.9 Å². The van der Waals surface area contributed by atoms with E-state index in [0.29, 0.717) is 0 Å². The first-order chi connectivity index (χ1) is 12.1. The van der Waals surface area contributed by atoms with Gasteiger partial charge in [-0.1, -0.05) is 59.7 Å². The number of carbonyl (C=O) groups is 1. The molecule has 0 fully saturated rings. The maximum Gasteiger partial charge on any atom is 0.235 e. The van der Waals surface area contributed by atoms with E-state index in [4.69, 9.17) is 0 Å². The molecule has 26 heavy (non-hydrogen) atoms. The zero-order valence-corrected chi connectivity index (χ0v) is 16.5. The molecule has 2 rings (SSSR count). The topological polar surface area (TPSA) is 66.5 Å². The summed E-state index contributed by atoms with van der Waals surface area (Å²) in [5.74, 6) is -0.324. The summed E-state index contributed by atoms with van der Waals surface area (Å²) in [5.41, 5.74) is 4.08. The number of hydrogen-bond donors (Lipinski definition) is 1. The van der Waals surface area contributed by atoms with Crippen LogP contribution in [0.1, 0.15) is 35.2 Å². The van der Waals surface area contributed by atoms with E-state index < -0.39 is 10.0 Å². The lowest BCUT2D eigenvalue weighted by Crippen LogP contribution is -2.40. The van der Waals surface area contributed by atoms with Crippen LogP contribution in [0.15, 0.2) is 48.5 Å². The van der Waals surface area contributed by atoms with E-state index in [0.717, 1.165) is 28.5 Å². The molecule has 0 unspecified atom stereocenters. The summed E-state index contributed by atoms with van der Waals surface area (Å²) in [6, 6.07) is 15.3. The third-order valence-corrected chi connectivity index (χ3v) is 5.42. The van der Waals surface area contributed by atoms with Gasteiger partial charge >= 0.3 is 0 Å². The summed E-state index contributed by atoms with van der Waals surface area (Å²) in [4.78, 5) is 12.4. The molecule has 5 nitrogen and oxygen atoms in total. The lowest BCUT2D eigenvalue weighted by atomic mass is 10.1.